The lowest BCUT2D eigenvalue weighted by atomic mass is 10.0. The number of amides is 1. The minimum Gasteiger partial charge on any atom is -0.370 e. The molecule has 1 heterocycles. The van der Waals surface area contributed by atoms with E-state index in [0.29, 0.717) is 30.8 Å². The van der Waals surface area contributed by atoms with Crippen LogP contribution in [0.25, 0.3) is 0 Å². The molecule has 4 heteroatoms. The summed E-state index contributed by atoms with van der Waals surface area (Å²) in [5, 5.41) is 0. The molecule has 0 N–H and O–H groups in total. The highest BCUT2D eigenvalue weighted by atomic mass is 19.1. The molecule has 2 aromatic carbocycles. The Morgan fingerprint density at radius 1 is 1.18 bits per heavy atom. The lowest BCUT2D eigenvalue weighted by Crippen LogP contribution is -2.42. The third-order valence-electron chi connectivity index (χ3n) is 3.98. The second kappa shape index (κ2) is 6.28. The maximum atomic E-state index is 13.9. The predicted octanol–water partition coefficient (Wildman–Crippen LogP) is 3.35. The molecule has 2 aromatic rings. The zero-order chi connectivity index (χ0) is 15.5. The van der Waals surface area contributed by atoms with Gasteiger partial charge in [0.25, 0.3) is 5.91 Å². The molecule has 1 saturated heterocycles. The van der Waals surface area contributed by atoms with Crippen molar-refractivity contribution in [2.75, 3.05) is 19.7 Å². The molecular formula is C18H18FNO2. The summed E-state index contributed by atoms with van der Waals surface area (Å²) in [5.41, 5.74) is 2.14. The Morgan fingerprint density at radius 3 is 2.68 bits per heavy atom. The van der Waals surface area contributed by atoms with Gasteiger partial charge in [-0.1, -0.05) is 36.4 Å². The van der Waals surface area contributed by atoms with E-state index in [2.05, 4.69) is 0 Å². The molecule has 3 nitrogen and oxygen atoms in total. The van der Waals surface area contributed by atoms with E-state index in [1.54, 1.807) is 23.1 Å². The first-order chi connectivity index (χ1) is 10.7. The normalized spacial score (nSPS) is 18.3. The van der Waals surface area contributed by atoms with Gasteiger partial charge in [-0.3, -0.25) is 4.79 Å². The third-order valence-corrected chi connectivity index (χ3v) is 3.98. The van der Waals surface area contributed by atoms with Gasteiger partial charge < -0.3 is 9.64 Å². The van der Waals surface area contributed by atoms with Crippen molar-refractivity contribution in [3.8, 4) is 0 Å². The van der Waals surface area contributed by atoms with Crippen LogP contribution in [0.4, 0.5) is 4.39 Å². The molecular weight excluding hydrogens is 281 g/mol. The van der Waals surface area contributed by atoms with Crippen molar-refractivity contribution in [3.05, 3.63) is 71.0 Å². The van der Waals surface area contributed by atoms with E-state index in [1.807, 2.05) is 31.2 Å². The SMILES string of the molecule is Cc1ccccc1C(=O)N1CCOC(c2ccccc2F)C1. The number of morpholine rings is 1. The topological polar surface area (TPSA) is 29.5 Å². The second-order valence-corrected chi connectivity index (χ2v) is 5.45. The Kier molecular flexibility index (Phi) is 4.20. The minimum absolute atomic E-state index is 0.0252. The molecule has 1 atom stereocenters. The average Bonchev–Trinajstić information content (AvgIpc) is 2.55. The highest BCUT2D eigenvalue weighted by Gasteiger charge is 2.28. The molecule has 0 bridgehead atoms. The highest BCUT2D eigenvalue weighted by molar-refractivity contribution is 5.95. The van der Waals surface area contributed by atoms with Crippen LogP contribution in [0.15, 0.2) is 48.5 Å². The summed E-state index contributed by atoms with van der Waals surface area (Å²) in [5.74, 6) is -0.319. The van der Waals surface area contributed by atoms with Crippen molar-refractivity contribution in [2.24, 2.45) is 0 Å². The molecule has 1 aliphatic heterocycles. The number of ether oxygens (including phenoxy) is 1. The molecule has 22 heavy (non-hydrogen) atoms. The van der Waals surface area contributed by atoms with Crippen LogP contribution in [0.2, 0.25) is 0 Å². The molecule has 0 radical (unpaired) electrons. The summed E-state index contributed by atoms with van der Waals surface area (Å²) in [6, 6.07) is 14.1. The van der Waals surface area contributed by atoms with Gasteiger partial charge in [-0.05, 0) is 24.6 Å². The van der Waals surface area contributed by atoms with Gasteiger partial charge in [0.15, 0.2) is 0 Å². The van der Waals surface area contributed by atoms with Crippen LogP contribution in [-0.4, -0.2) is 30.5 Å². The van der Waals surface area contributed by atoms with Crippen molar-refractivity contribution in [2.45, 2.75) is 13.0 Å². The Hall–Kier alpha value is -2.20. The summed E-state index contributed by atoms with van der Waals surface area (Å²) in [7, 11) is 0. The van der Waals surface area contributed by atoms with Crippen LogP contribution < -0.4 is 0 Å². The van der Waals surface area contributed by atoms with E-state index in [4.69, 9.17) is 4.74 Å². The molecule has 3 rings (SSSR count). The molecule has 1 amide bonds. The van der Waals surface area contributed by atoms with Gasteiger partial charge in [-0.2, -0.15) is 0 Å². The molecule has 1 aliphatic rings. The molecule has 114 valence electrons. The van der Waals surface area contributed by atoms with Gasteiger partial charge in [0.05, 0.1) is 13.2 Å². The van der Waals surface area contributed by atoms with Crippen LogP contribution in [0.5, 0.6) is 0 Å². The number of halogens is 1. The molecule has 1 unspecified atom stereocenters. The van der Waals surface area contributed by atoms with E-state index in [9.17, 15) is 9.18 Å². The van der Waals surface area contributed by atoms with Crippen molar-refractivity contribution in [1.82, 2.24) is 4.90 Å². The fraction of sp³-hybridized carbons (Fsp3) is 0.278. The maximum absolute atomic E-state index is 13.9. The third kappa shape index (κ3) is 2.88. The number of nitrogens with zero attached hydrogens (tertiary/aromatic N) is 1. The Morgan fingerprint density at radius 2 is 1.91 bits per heavy atom. The number of aryl methyl sites for hydroxylation is 1. The lowest BCUT2D eigenvalue weighted by molar-refractivity contribution is -0.0243. The molecule has 0 saturated carbocycles. The zero-order valence-corrected chi connectivity index (χ0v) is 12.5. The number of rotatable bonds is 2. The molecule has 1 fully saturated rings. The summed E-state index contributed by atoms with van der Waals surface area (Å²) in [6.45, 7) is 3.23. The van der Waals surface area contributed by atoms with E-state index in [1.165, 1.54) is 6.07 Å². The second-order valence-electron chi connectivity index (χ2n) is 5.45. The van der Waals surface area contributed by atoms with Crippen LogP contribution >= 0.6 is 0 Å². The number of hydrogen-bond acceptors (Lipinski definition) is 2. The monoisotopic (exact) mass is 299 g/mol. The van der Waals surface area contributed by atoms with Gasteiger partial charge in [0, 0.05) is 17.7 Å². The fourth-order valence-electron chi connectivity index (χ4n) is 2.74. The smallest absolute Gasteiger partial charge is 0.254 e. The first kappa shape index (κ1) is 14.7. The number of carbonyl (C=O) groups excluding carboxylic acids is 1. The minimum atomic E-state index is -0.414. The Balaban J connectivity index is 1.80. The van der Waals surface area contributed by atoms with Crippen LogP contribution in [-0.2, 0) is 4.74 Å². The van der Waals surface area contributed by atoms with Gasteiger partial charge in [0.1, 0.15) is 11.9 Å². The number of hydrogen-bond donors (Lipinski definition) is 0. The highest BCUT2D eigenvalue weighted by Crippen LogP contribution is 2.25. The standard InChI is InChI=1S/C18H18FNO2/c1-13-6-2-3-7-14(13)18(21)20-10-11-22-17(12-20)15-8-4-5-9-16(15)19/h2-9,17H,10-12H2,1H3. The summed E-state index contributed by atoms with van der Waals surface area (Å²) >= 11 is 0. The van der Waals surface area contributed by atoms with Gasteiger partial charge in [0.2, 0.25) is 0 Å². The lowest BCUT2D eigenvalue weighted by Gasteiger charge is -2.33. The quantitative estimate of drug-likeness (QED) is 0.851. The van der Waals surface area contributed by atoms with Crippen molar-refractivity contribution in [3.63, 3.8) is 0 Å². The van der Waals surface area contributed by atoms with Crippen LogP contribution in [0.1, 0.15) is 27.6 Å². The number of benzene rings is 2. The van der Waals surface area contributed by atoms with Crippen molar-refractivity contribution < 1.29 is 13.9 Å². The van der Waals surface area contributed by atoms with Crippen LogP contribution in [0.3, 0.4) is 0 Å². The molecule has 0 aromatic heterocycles. The summed E-state index contributed by atoms with van der Waals surface area (Å²) in [4.78, 5) is 14.4. The number of carbonyl (C=O) groups is 1. The fourth-order valence-corrected chi connectivity index (χ4v) is 2.74. The van der Waals surface area contributed by atoms with Gasteiger partial charge in [-0.25, -0.2) is 4.39 Å². The summed E-state index contributed by atoms with van der Waals surface area (Å²) in [6.07, 6.45) is -0.414. The van der Waals surface area contributed by atoms with Gasteiger partial charge in [-0.15, -0.1) is 0 Å². The average molecular weight is 299 g/mol. The predicted molar refractivity (Wildman–Crippen MR) is 82.2 cm³/mol. The largest absolute Gasteiger partial charge is 0.370 e. The zero-order valence-electron chi connectivity index (χ0n) is 12.5. The van der Waals surface area contributed by atoms with E-state index in [-0.39, 0.29) is 11.7 Å². The van der Waals surface area contributed by atoms with E-state index >= 15 is 0 Å². The Labute approximate surface area is 129 Å². The van der Waals surface area contributed by atoms with E-state index in [0.717, 1.165) is 5.56 Å². The van der Waals surface area contributed by atoms with Crippen LogP contribution in [0, 0.1) is 12.7 Å². The first-order valence-corrected chi connectivity index (χ1v) is 7.38. The van der Waals surface area contributed by atoms with E-state index < -0.39 is 6.10 Å². The van der Waals surface area contributed by atoms with Gasteiger partial charge >= 0.3 is 0 Å². The van der Waals surface area contributed by atoms with Crippen molar-refractivity contribution in [1.29, 1.82) is 0 Å². The first-order valence-electron chi connectivity index (χ1n) is 7.38. The molecule has 0 spiro atoms. The molecule has 0 aliphatic carbocycles. The summed E-state index contributed by atoms with van der Waals surface area (Å²) < 4.78 is 19.6. The Bertz CT molecular complexity index is 686. The van der Waals surface area contributed by atoms with Crippen molar-refractivity contribution >= 4 is 5.91 Å². The maximum Gasteiger partial charge on any atom is 0.254 e.